The second-order valence-electron chi connectivity index (χ2n) is 7.88. The number of rotatable bonds is 5. The average Bonchev–Trinajstić information content (AvgIpc) is 3.33. The standard InChI is InChI=1S/C23H25N5O4/c1-16-14-19(18(3)27(16)22-15-17(2)32-24-22)4-9-23(29)26-12-10-25(11-13-26)20-5-7-21(8-6-20)28(30)31/h4-9,14-15H,10-13H2,1-3H3. The van der Waals surface area contributed by atoms with Gasteiger partial charge < -0.3 is 14.3 Å². The highest BCUT2D eigenvalue weighted by Crippen LogP contribution is 2.23. The van der Waals surface area contributed by atoms with E-state index < -0.39 is 4.92 Å². The summed E-state index contributed by atoms with van der Waals surface area (Å²) < 4.78 is 7.19. The number of amides is 1. The minimum Gasteiger partial charge on any atom is -0.368 e. The molecule has 2 aromatic heterocycles. The van der Waals surface area contributed by atoms with Gasteiger partial charge in [0, 0.05) is 67.5 Å². The van der Waals surface area contributed by atoms with Gasteiger partial charge in [-0.3, -0.25) is 19.5 Å². The highest BCUT2D eigenvalue weighted by molar-refractivity contribution is 5.92. The smallest absolute Gasteiger partial charge is 0.269 e. The summed E-state index contributed by atoms with van der Waals surface area (Å²) in [6.45, 7) is 8.38. The number of aromatic nitrogens is 2. The molecule has 3 heterocycles. The number of carbonyl (C=O) groups is 1. The molecule has 32 heavy (non-hydrogen) atoms. The number of anilines is 1. The third-order valence-corrected chi connectivity index (χ3v) is 5.74. The average molecular weight is 435 g/mol. The summed E-state index contributed by atoms with van der Waals surface area (Å²) >= 11 is 0. The molecule has 0 aliphatic carbocycles. The molecule has 166 valence electrons. The van der Waals surface area contributed by atoms with Gasteiger partial charge in [-0.15, -0.1) is 0 Å². The number of aryl methyl sites for hydroxylation is 2. The maximum Gasteiger partial charge on any atom is 0.269 e. The first-order valence-corrected chi connectivity index (χ1v) is 10.4. The highest BCUT2D eigenvalue weighted by atomic mass is 16.6. The van der Waals surface area contributed by atoms with Crippen molar-refractivity contribution in [3.8, 4) is 5.82 Å². The van der Waals surface area contributed by atoms with Crippen LogP contribution in [0.2, 0.25) is 0 Å². The molecule has 0 atom stereocenters. The number of nitrogens with zero attached hydrogens (tertiary/aromatic N) is 5. The third kappa shape index (κ3) is 4.27. The van der Waals surface area contributed by atoms with Crippen molar-refractivity contribution in [2.24, 2.45) is 0 Å². The first-order valence-electron chi connectivity index (χ1n) is 10.4. The zero-order valence-electron chi connectivity index (χ0n) is 18.3. The van der Waals surface area contributed by atoms with E-state index >= 15 is 0 Å². The van der Waals surface area contributed by atoms with Crippen LogP contribution in [0.1, 0.15) is 22.7 Å². The fourth-order valence-corrected chi connectivity index (χ4v) is 4.00. The van der Waals surface area contributed by atoms with E-state index in [4.69, 9.17) is 4.52 Å². The van der Waals surface area contributed by atoms with E-state index in [0.29, 0.717) is 26.2 Å². The van der Waals surface area contributed by atoms with Crippen LogP contribution in [-0.2, 0) is 4.79 Å². The molecular formula is C23H25N5O4. The molecule has 0 unspecified atom stereocenters. The van der Waals surface area contributed by atoms with Crippen molar-refractivity contribution in [1.29, 1.82) is 0 Å². The van der Waals surface area contributed by atoms with Gasteiger partial charge in [-0.05, 0) is 50.6 Å². The van der Waals surface area contributed by atoms with Gasteiger partial charge in [-0.2, -0.15) is 0 Å². The summed E-state index contributed by atoms with van der Waals surface area (Å²) in [5, 5.41) is 14.9. The molecule has 0 radical (unpaired) electrons. The van der Waals surface area contributed by atoms with Crippen LogP contribution in [0.15, 0.2) is 47.0 Å². The third-order valence-electron chi connectivity index (χ3n) is 5.74. The van der Waals surface area contributed by atoms with Gasteiger partial charge >= 0.3 is 0 Å². The number of carbonyl (C=O) groups excluding carboxylic acids is 1. The van der Waals surface area contributed by atoms with Crippen molar-refractivity contribution in [3.63, 3.8) is 0 Å². The summed E-state index contributed by atoms with van der Waals surface area (Å²) in [4.78, 5) is 27.1. The normalized spacial score (nSPS) is 14.3. The monoisotopic (exact) mass is 435 g/mol. The topological polar surface area (TPSA) is 97.7 Å². The molecule has 0 saturated carbocycles. The Morgan fingerprint density at radius 3 is 2.38 bits per heavy atom. The number of non-ortho nitro benzene ring substituents is 1. The Labute approximate surface area is 185 Å². The summed E-state index contributed by atoms with van der Waals surface area (Å²) in [6, 6.07) is 10.4. The lowest BCUT2D eigenvalue weighted by molar-refractivity contribution is -0.384. The number of nitro groups is 1. The Morgan fingerprint density at radius 1 is 1.09 bits per heavy atom. The van der Waals surface area contributed by atoms with Crippen LogP contribution in [0, 0.1) is 30.9 Å². The molecule has 1 aromatic carbocycles. The fourth-order valence-electron chi connectivity index (χ4n) is 4.00. The maximum atomic E-state index is 12.7. The van der Waals surface area contributed by atoms with E-state index in [1.165, 1.54) is 12.1 Å². The summed E-state index contributed by atoms with van der Waals surface area (Å²) in [7, 11) is 0. The molecule has 0 N–H and O–H groups in total. The fraction of sp³-hybridized carbons (Fsp3) is 0.304. The van der Waals surface area contributed by atoms with Gasteiger partial charge in [0.25, 0.3) is 5.69 Å². The molecule has 9 heteroatoms. The van der Waals surface area contributed by atoms with Crippen molar-refractivity contribution in [1.82, 2.24) is 14.6 Å². The molecule has 1 fully saturated rings. The summed E-state index contributed by atoms with van der Waals surface area (Å²) in [5.41, 5.74) is 3.96. The Kier molecular flexibility index (Phi) is 5.81. The van der Waals surface area contributed by atoms with Crippen LogP contribution in [0.25, 0.3) is 11.9 Å². The second kappa shape index (κ2) is 8.70. The number of hydrogen-bond donors (Lipinski definition) is 0. The lowest BCUT2D eigenvalue weighted by Gasteiger charge is -2.35. The largest absolute Gasteiger partial charge is 0.368 e. The van der Waals surface area contributed by atoms with Crippen LogP contribution in [0.3, 0.4) is 0 Å². The highest BCUT2D eigenvalue weighted by Gasteiger charge is 2.20. The van der Waals surface area contributed by atoms with E-state index in [9.17, 15) is 14.9 Å². The minimum absolute atomic E-state index is 0.0320. The van der Waals surface area contributed by atoms with E-state index in [2.05, 4.69) is 10.1 Å². The molecule has 1 saturated heterocycles. The number of benzene rings is 1. The van der Waals surface area contributed by atoms with E-state index in [1.807, 2.05) is 48.4 Å². The van der Waals surface area contributed by atoms with Gasteiger partial charge in [0.15, 0.2) is 5.82 Å². The SMILES string of the molecule is Cc1cc(-n2c(C)cc(C=CC(=O)N3CCN(c4ccc([N+](=O)[O-])cc4)CC3)c2C)no1. The molecule has 1 aliphatic rings. The molecule has 4 rings (SSSR count). The molecule has 1 aliphatic heterocycles. The summed E-state index contributed by atoms with van der Waals surface area (Å²) in [6.07, 6.45) is 3.46. The first-order chi connectivity index (χ1) is 15.3. The molecule has 9 nitrogen and oxygen atoms in total. The Balaban J connectivity index is 1.38. The van der Waals surface area contributed by atoms with Gasteiger partial charge in [0.1, 0.15) is 5.76 Å². The van der Waals surface area contributed by atoms with Crippen molar-refractivity contribution < 1.29 is 14.2 Å². The van der Waals surface area contributed by atoms with Crippen LogP contribution >= 0.6 is 0 Å². The van der Waals surface area contributed by atoms with E-state index in [-0.39, 0.29) is 11.6 Å². The molecule has 1 amide bonds. The van der Waals surface area contributed by atoms with Gasteiger partial charge in [-0.1, -0.05) is 5.16 Å². The van der Waals surface area contributed by atoms with Crippen LogP contribution in [-0.4, -0.2) is 51.6 Å². The van der Waals surface area contributed by atoms with Gasteiger partial charge in [0.2, 0.25) is 5.91 Å². The van der Waals surface area contributed by atoms with Crippen LogP contribution in [0.4, 0.5) is 11.4 Å². The van der Waals surface area contributed by atoms with Crippen molar-refractivity contribution in [3.05, 3.63) is 75.3 Å². The maximum absolute atomic E-state index is 12.7. The Bertz CT molecular complexity index is 1170. The minimum atomic E-state index is -0.406. The Morgan fingerprint density at radius 2 is 1.78 bits per heavy atom. The number of piperazine rings is 1. The number of hydrogen-bond acceptors (Lipinski definition) is 6. The van der Waals surface area contributed by atoms with Crippen molar-refractivity contribution >= 4 is 23.4 Å². The zero-order chi connectivity index (χ0) is 22.8. The molecule has 3 aromatic rings. The van der Waals surface area contributed by atoms with E-state index in [1.54, 1.807) is 18.2 Å². The van der Waals surface area contributed by atoms with Gasteiger partial charge in [0.05, 0.1) is 4.92 Å². The molecular weight excluding hydrogens is 410 g/mol. The predicted octanol–water partition coefficient (Wildman–Crippen LogP) is 3.66. The van der Waals surface area contributed by atoms with Crippen LogP contribution < -0.4 is 4.90 Å². The second-order valence-corrected chi connectivity index (χ2v) is 7.88. The quantitative estimate of drug-likeness (QED) is 0.345. The Hall–Kier alpha value is -3.88. The molecule has 0 spiro atoms. The predicted molar refractivity (Wildman–Crippen MR) is 121 cm³/mol. The van der Waals surface area contributed by atoms with Crippen molar-refractivity contribution in [2.75, 3.05) is 31.1 Å². The van der Waals surface area contributed by atoms with Crippen molar-refractivity contribution in [2.45, 2.75) is 20.8 Å². The summed E-state index contributed by atoms with van der Waals surface area (Å²) in [5.74, 6) is 1.44. The lowest BCUT2D eigenvalue weighted by atomic mass is 10.2. The van der Waals surface area contributed by atoms with Gasteiger partial charge in [-0.25, -0.2) is 0 Å². The lowest BCUT2D eigenvalue weighted by Crippen LogP contribution is -2.48. The van der Waals surface area contributed by atoms with E-state index in [0.717, 1.165) is 34.2 Å². The first kappa shape index (κ1) is 21.4. The number of nitro benzene ring substituents is 1. The zero-order valence-corrected chi connectivity index (χ0v) is 18.3. The van der Waals surface area contributed by atoms with Crippen LogP contribution in [0.5, 0.6) is 0 Å². The molecule has 0 bridgehead atoms.